The molecule has 0 saturated carbocycles. The lowest BCUT2D eigenvalue weighted by molar-refractivity contribution is -0.137. The zero-order valence-electron chi connectivity index (χ0n) is 9.15. The van der Waals surface area contributed by atoms with Crippen molar-refractivity contribution in [2.45, 2.75) is 24.8 Å². The largest absolute Gasteiger partial charge is 0.416 e. The molecule has 1 aromatic carbocycles. The molecule has 102 valence electrons. The summed E-state index contributed by atoms with van der Waals surface area (Å²) in [6.45, 7) is 0. The molecule has 0 spiro atoms. The van der Waals surface area contributed by atoms with Crippen LogP contribution in [0.5, 0.6) is 0 Å². The summed E-state index contributed by atoms with van der Waals surface area (Å²) >= 11 is 9.45. The second-order valence-corrected chi connectivity index (χ2v) is 4.68. The van der Waals surface area contributed by atoms with Gasteiger partial charge in [0.2, 0.25) is 0 Å². The lowest BCUT2D eigenvalue weighted by atomic mass is 10.0. The van der Waals surface area contributed by atoms with Gasteiger partial charge < -0.3 is 10.2 Å². The Morgan fingerprint density at radius 2 is 1.83 bits per heavy atom. The Hall–Kier alpha value is -0.430. The first kappa shape index (κ1) is 15.6. The summed E-state index contributed by atoms with van der Waals surface area (Å²) in [5, 5.41) is 19.1. The van der Waals surface area contributed by atoms with E-state index in [1.807, 2.05) is 0 Å². The molecule has 2 atom stereocenters. The van der Waals surface area contributed by atoms with Gasteiger partial charge in [-0.15, -0.1) is 0 Å². The van der Waals surface area contributed by atoms with Crippen LogP contribution in [-0.4, -0.2) is 22.1 Å². The molecule has 0 aromatic heterocycles. The molecule has 0 fully saturated rings. The van der Waals surface area contributed by atoms with E-state index < -0.39 is 23.9 Å². The number of aliphatic hydroxyl groups is 2. The van der Waals surface area contributed by atoms with E-state index in [0.717, 1.165) is 12.1 Å². The fourth-order valence-corrected chi connectivity index (χ4v) is 1.97. The van der Waals surface area contributed by atoms with Crippen molar-refractivity contribution < 1.29 is 23.4 Å². The zero-order chi connectivity index (χ0) is 13.9. The van der Waals surface area contributed by atoms with E-state index in [2.05, 4.69) is 12.6 Å². The molecule has 0 amide bonds. The Kier molecular flexibility index (Phi) is 5.33. The maximum atomic E-state index is 12.5. The quantitative estimate of drug-likeness (QED) is 0.748. The van der Waals surface area contributed by atoms with Crippen LogP contribution in [0.4, 0.5) is 13.2 Å². The highest BCUT2D eigenvalue weighted by atomic mass is 35.5. The summed E-state index contributed by atoms with van der Waals surface area (Å²) in [7, 11) is 0. The summed E-state index contributed by atoms with van der Waals surface area (Å²) in [5.41, 5.74) is -1.02. The topological polar surface area (TPSA) is 40.5 Å². The summed E-state index contributed by atoms with van der Waals surface area (Å²) in [6, 6.07) is 2.74. The highest BCUT2D eigenvalue weighted by Gasteiger charge is 2.32. The fourth-order valence-electron chi connectivity index (χ4n) is 1.46. The number of hydrogen-bond acceptors (Lipinski definition) is 3. The molecular weight excluding hydrogens is 289 g/mol. The average Bonchev–Trinajstić information content (AvgIpc) is 2.26. The Morgan fingerprint density at radius 1 is 1.22 bits per heavy atom. The van der Waals surface area contributed by atoms with Crippen LogP contribution < -0.4 is 0 Å². The monoisotopic (exact) mass is 300 g/mol. The SMILES string of the molecule is OC(CCS)C(O)c1cc(Cl)cc(C(F)(F)F)c1. The van der Waals surface area contributed by atoms with Crippen molar-refractivity contribution >= 4 is 24.2 Å². The van der Waals surface area contributed by atoms with Gasteiger partial charge in [0.1, 0.15) is 6.10 Å². The minimum Gasteiger partial charge on any atom is -0.390 e. The molecular formula is C11H12ClF3O2S. The highest BCUT2D eigenvalue weighted by molar-refractivity contribution is 7.80. The van der Waals surface area contributed by atoms with E-state index in [1.54, 1.807) is 0 Å². The molecule has 0 aliphatic rings. The van der Waals surface area contributed by atoms with Crippen LogP contribution in [0, 0.1) is 0 Å². The van der Waals surface area contributed by atoms with Crippen LogP contribution in [0.2, 0.25) is 5.02 Å². The van der Waals surface area contributed by atoms with Crippen molar-refractivity contribution in [2.24, 2.45) is 0 Å². The van der Waals surface area contributed by atoms with Crippen LogP contribution in [0.3, 0.4) is 0 Å². The Labute approximate surface area is 113 Å². The molecule has 2 unspecified atom stereocenters. The van der Waals surface area contributed by atoms with Gasteiger partial charge in [-0.3, -0.25) is 0 Å². The second kappa shape index (κ2) is 6.14. The first-order valence-electron chi connectivity index (χ1n) is 5.10. The van der Waals surface area contributed by atoms with Crippen LogP contribution in [0.25, 0.3) is 0 Å². The van der Waals surface area contributed by atoms with Gasteiger partial charge in [0.05, 0.1) is 11.7 Å². The van der Waals surface area contributed by atoms with Gasteiger partial charge in [0.15, 0.2) is 0 Å². The number of hydrogen-bond donors (Lipinski definition) is 3. The second-order valence-electron chi connectivity index (χ2n) is 3.80. The number of halogens is 4. The van der Waals surface area contributed by atoms with E-state index in [0.29, 0.717) is 5.75 Å². The van der Waals surface area contributed by atoms with E-state index in [-0.39, 0.29) is 17.0 Å². The fraction of sp³-hybridized carbons (Fsp3) is 0.455. The first-order chi connectivity index (χ1) is 8.25. The minimum atomic E-state index is -4.55. The van der Waals surface area contributed by atoms with Crippen LogP contribution in [0.1, 0.15) is 23.7 Å². The van der Waals surface area contributed by atoms with Crippen LogP contribution >= 0.6 is 24.2 Å². The van der Waals surface area contributed by atoms with Crippen molar-refractivity contribution in [3.8, 4) is 0 Å². The normalized spacial score (nSPS) is 15.5. The van der Waals surface area contributed by atoms with Gasteiger partial charge in [0, 0.05) is 5.02 Å². The van der Waals surface area contributed by atoms with Gasteiger partial charge in [0.25, 0.3) is 0 Å². The molecule has 2 nitrogen and oxygen atoms in total. The van der Waals surface area contributed by atoms with Crippen molar-refractivity contribution in [1.29, 1.82) is 0 Å². The third-order valence-corrected chi connectivity index (χ3v) is 2.85. The molecule has 1 aromatic rings. The Balaban J connectivity index is 3.06. The maximum absolute atomic E-state index is 12.5. The van der Waals surface area contributed by atoms with Gasteiger partial charge >= 0.3 is 6.18 Å². The third kappa shape index (κ3) is 4.05. The van der Waals surface area contributed by atoms with Gasteiger partial charge in [-0.25, -0.2) is 0 Å². The lowest BCUT2D eigenvalue weighted by Crippen LogP contribution is -2.19. The molecule has 1 rings (SSSR count). The molecule has 0 heterocycles. The smallest absolute Gasteiger partial charge is 0.390 e. The third-order valence-electron chi connectivity index (χ3n) is 2.38. The van der Waals surface area contributed by atoms with E-state index >= 15 is 0 Å². The summed E-state index contributed by atoms with van der Waals surface area (Å²) in [5.74, 6) is 0.310. The maximum Gasteiger partial charge on any atom is 0.416 e. The number of rotatable bonds is 4. The number of aliphatic hydroxyl groups excluding tert-OH is 2. The van der Waals surface area contributed by atoms with Crippen molar-refractivity contribution in [2.75, 3.05) is 5.75 Å². The molecule has 0 aliphatic carbocycles. The molecule has 0 saturated heterocycles. The minimum absolute atomic E-state index is 0.0656. The predicted octanol–water partition coefficient (Wildman–Crippen LogP) is 3.07. The standard InChI is InChI=1S/C11H12ClF3O2S/c12-8-4-6(10(17)9(16)1-2-18)3-7(5-8)11(13,14)15/h3-5,9-10,16-18H,1-2H2. The van der Waals surface area contributed by atoms with Crippen molar-refractivity contribution in [3.63, 3.8) is 0 Å². The number of benzene rings is 1. The van der Waals surface area contributed by atoms with Gasteiger partial charge in [-0.2, -0.15) is 25.8 Å². The first-order valence-corrected chi connectivity index (χ1v) is 6.11. The van der Waals surface area contributed by atoms with Gasteiger partial charge in [-0.05, 0) is 35.9 Å². The summed E-state index contributed by atoms with van der Waals surface area (Å²) in [4.78, 5) is 0. The lowest BCUT2D eigenvalue weighted by Gasteiger charge is -2.19. The predicted molar refractivity (Wildman–Crippen MR) is 65.9 cm³/mol. The molecule has 18 heavy (non-hydrogen) atoms. The van der Waals surface area contributed by atoms with Crippen molar-refractivity contribution in [3.05, 3.63) is 34.3 Å². The average molecular weight is 301 g/mol. The van der Waals surface area contributed by atoms with E-state index in [4.69, 9.17) is 11.6 Å². The van der Waals surface area contributed by atoms with E-state index in [9.17, 15) is 23.4 Å². The summed E-state index contributed by atoms with van der Waals surface area (Å²) < 4.78 is 37.6. The zero-order valence-corrected chi connectivity index (χ0v) is 10.8. The van der Waals surface area contributed by atoms with Crippen LogP contribution in [-0.2, 0) is 6.18 Å². The molecule has 0 radical (unpaired) electrons. The van der Waals surface area contributed by atoms with Crippen molar-refractivity contribution in [1.82, 2.24) is 0 Å². The highest BCUT2D eigenvalue weighted by Crippen LogP contribution is 2.34. The van der Waals surface area contributed by atoms with Crippen LogP contribution in [0.15, 0.2) is 18.2 Å². The Morgan fingerprint density at radius 3 is 2.33 bits per heavy atom. The number of thiol groups is 1. The molecule has 0 bridgehead atoms. The molecule has 7 heteroatoms. The summed E-state index contributed by atoms with van der Waals surface area (Å²) in [6.07, 6.45) is -6.98. The molecule has 0 aliphatic heterocycles. The van der Waals surface area contributed by atoms with Gasteiger partial charge in [-0.1, -0.05) is 11.6 Å². The number of alkyl halides is 3. The van der Waals surface area contributed by atoms with E-state index in [1.165, 1.54) is 6.07 Å². The molecule has 2 N–H and O–H groups in total. The Bertz CT molecular complexity index is 412.